The second kappa shape index (κ2) is 10.9. The van der Waals surface area contributed by atoms with Crippen LogP contribution in [0.5, 0.6) is 5.75 Å². The van der Waals surface area contributed by atoms with Gasteiger partial charge in [-0.1, -0.05) is 15.9 Å². The molecular formula is C17H26BrClN2O2. The summed E-state index contributed by atoms with van der Waals surface area (Å²) in [5, 5.41) is 6.31. The molecule has 0 aromatic heterocycles. The van der Waals surface area contributed by atoms with Crippen molar-refractivity contribution in [2.75, 3.05) is 19.6 Å². The third kappa shape index (κ3) is 8.04. The van der Waals surface area contributed by atoms with Gasteiger partial charge in [-0.25, -0.2) is 0 Å². The smallest absolute Gasteiger partial charge is 0.220 e. The van der Waals surface area contributed by atoms with Crippen LogP contribution in [-0.4, -0.2) is 31.6 Å². The van der Waals surface area contributed by atoms with Crippen molar-refractivity contribution in [1.29, 1.82) is 0 Å². The number of hydrogen-bond donors (Lipinski definition) is 2. The van der Waals surface area contributed by atoms with E-state index in [0.717, 1.165) is 29.7 Å². The van der Waals surface area contributed by atoms with Crippen molar-refractivity contribution < 1.29 is 9.53 Å². The molecule has 0 spiro atoms. The van der Waals surface area contributed by atoms with Gasteiger partial charge in [-0.15, -0.1) is 12.4 Å². The molecule has 2 N–H and O–H groups in total. The van der Waals surface area contributed by atoms with E-state index in [9.17, 15) is 4.79 Å². The summed E-state index contributed by atoms with van der Waals surface area (Å²) in [5.41, 5.74) is 0. The molecule has 1 aromatic rings. The van der Waals surface area contributed by atoms with Gasteiger partial charge in [0.2, 0.25) is 5.91 Å². The Kier molecular flexibility index (Phi) is 9.60. The predicted octanol–water partition coefficient (Wildman–Crippen LogP) is 3.53. The molecule has 0 bridgehead atoms. The molecule has 1 aromatic carbocycles. The molecule has 2 rings (SSSR count). The van der Waals surface area contributed by atoms with Gasteiger partial charge < -0.3 is 15.4 Å². The Balaban J connectivity index is 0.00000264. The van der Waals surface area contributed by atoms with Crippen LogP contribution in [0.25, 0.3) is 0 Å². The van der Waals surface area contributed by atoms with Gasteiger partial charge in [0, 0.05) is 10.9 Å². The number of benzene rings is 1. The summed E-state index contributed by atoms with van der Waals surface area (Å²) >= 11 is 3.39. The van der Waals surface area contributed by atoms with Crippen LogP contribution in [0, 0.1) is 5.92 Å². The van der Waals surface area contributed by atoms with Gasteiger partial charge >= 0.3 is 0 Å². The number of halogens is 2. The van der Waals surface area contributed by atoms with Crippen molar-refractivity contribution >= 4 is 34.2 Å². The van der Waals surface area contributed by atoms with E-state index in [4.69, 9.17) is 4.74 Å². The second-order valence-corrected chi connectivity index (χ2v) is 6.83. The van der Waals surface area contributed by atoms with E-state index in [1.807, 2.05) is 31.2 Å². The highest BCUT2D eigenvalue weighted by Gasteiger charge is 2.14. The van der Waals surface area contributed by atoms with E-state index in [0.29, 0.717) is 18.9 Å². The largest absolute Gasteiger partial charge is 0.489 e. The molecule has 4 nitrogen and oxygen atoms in total. The van der Waals surface area contributed by atoms with E-state index in [1.165, 1.54) is 12.8 Å². The lowest BCUT2D eigenvalue weighted by Crippen LogP contribution is -2.34. The maximum Gasteiger partial charge on any atom is 0.220 e. The fourth-order valence-corrected chi connectivity index (χ4v) is 2.90. The molecule has 23 heavy (non-hydrogen) atoms. The molecule has 1 saturated heterocycles. The first-order chi connectivity index (χ1) is 10.6. The van der Waals surface area contributed by atoms with E-state index in [1.54, 1.807) is 0 Å². The minimum Gasteiger partial charge on any atom is -0.489 e. The van der Waals surface area contributed by atoms with E-state index < -0.39 is 0 Å². The molecule has 1 aliphatic heterocycles. The maximum atomic E-state index is 11.9. The van der Waals surface area contributed by atoms with E-state index in [2.05, 4.69) is 26.6 Å². The SMILES string of the molecule is CC(CNC(=O)CCC1CCNCC1)Oc1ccc(Br)cc1.Cl. The summed E-state index contributed by atoms with van der Waals surface area (Å²) in [5.74, 6) is 1.65. The maximum absolute atomic E-state index is 11.9. The fraction of sp³-hybridized carbons (Fsp3) is 0.588. The molecule has 1 fully saturated rings. The van der Waals surface area contributed by atoms with Crippen molar-refractivity contribution in [3.8, 4) is 5.75 Å². The van der Waals surface area contributed by atoms with Gasteiger partial charge in [0.1, 0.15) is 11.9 Å². The zero-order valence-electron chi connectivity index (χ0n) is 13.5. The Labute approximate surface area is 153 Å². The molecule has 1 amide bonds. The van der Waals surface area contributed by atoms with Gasteiger partial charge in [-0.2, -0.15) is 0 Å². The Morgan fingerprint density at radius 1 is 1.35 bits per heavy atom. The summed E-state index contributed by atoms with van der Waals surface area (Å²) < 4.78 is 6.80. The van der Waals surface area contributed by atoms with Crippen LogP contribution < -0.4 is 15.4 Å². The summed E-state index contributed by atoms with van der Waals surface area (Å²) in [6.45, 7) is 4.69. The normalized spacial score (nSPS) is 16.3. The third-order valence-corrected chi connectivity index (χ3v) is 4.50. The van der Waals surface area contributed by atoms with Crippen molar-refractivity contribution in [3.63, 3.8) is 0 Å². The highest BCUT2D eigenvalue weighted by atomic mass is 79.9. The van der Waals surface area contributed by atoms with Gasteiger partial charge in [0.15, 0.2) is 0 Å². The molecule has 6 heteroatoms. The Morgan fingerprint density at radius 3 is 2.65 bits per heavy atom. The number of rotatable bonds is 7. The van der Waals surface area contributed by atoms with Crippen LogP contribution in [0.15, 0.2) is 28.7 Å². The average molecular weight is 406 g/mol. The first-order valence-electron chi connectivity index (χ1n) is 8.03. The molecular weight excluding hydrogens is 380 g/mol. The Bertz CT molecular complexity index is 464. The van der Waals surface area contributed by atoms with Crippen LogP contribution in [0.2, 0.25) is 0 Å². The summed E-state index contributed by atoms with van der Waals surface area (Å²) in [7, 11) is 0. The van der Waals surface area contributed by atoms with Gasteiger partial charge in [0.25, 0.3) is 0 Å². The number of piperidine rings is 1. The topological polar surface area (TPSA) is 50.4 Å². The lowest BCUT2D eigenvalue weighted by atomic mass is 9.93. The standard InChI is InChI=1S/C17H25BrN2O2.ClH/c1-13(22-16-5-3-15(18)4-6-16)12-20-17(21)7-2-14-8-10-19-11-9-14;/h3-6,13-14,19H,2,7-12H2,1H3,(H,20,21);1H. The second-order valence-electron chi connectivity index (χ2n) is 5.92. The van der Waals surface area contributed by atoms with E-state index >= 15 is 0 Å². The lowest BCUT2D eigenvalue weighted by Gasteiger charge is -2.22. The fourth-order valence-electron chi connectivity index (χ4n) is 2.64. The number of nitrogens with one attached hydrogen (secondary N) is 2. The number of carbonyl (C=O) groups is 1. The lowest BCUT2D eigenvalue weighted by molar-refractivity contribution is -0.121. The molecule has 1 unspecified atom stereocenters. The zero-order chi connectivity index (χ0) is 15.8. The number of carbonyl (C=O) groups excluding carboxylic acids is 1. The van der Waals surface area contributed by atoms with Gasteiger partial charge in [0.05, 0.1) is 6.54 Å². The highest BCUT2D eigenvalue weighted by Crippen LogP contribution is 2.18. The van der Waals surface area contributed by atoms with Crippen LogP contribution >= 0.6 is 28.3 Å². The summed E-state index contributed by atoms with van der Waals surface area (Å²) in [6.07, 6.45) is 3.96. The zero-order valence-corrected chi connectivity index (χ0v) is 15.9. The predicted molar refractivity (Wildman–Crippen MR) is 99.3 cm³/mol. The molecule has 1 atom stereocenters. The van der Waals surface area contributed by atoms with Crippen molar-refractivity contribution in [2.24, 2.45) is 5.92 Å². The van der Waals surface area contributed by atoms with Crippen LogP contribution in [0.4, 0.5) is 0 Å². The highest BCUT2D eigenvalue weighted by molar-refractivity contribution is 9.10. The first-order valence-corrected chi connectivity index (χ1v) is 8.82. The quantitative estimate of drug-likeness (QED) is 0.729. The summed E-state index contributed by atoms with van der Waals surface area (Å²) in [4.78, 5) is 11.9. The number of amides is 1. The number of ether oxygens (including phenoxy) is 1. The minimum atomic E-state index is -0.0380. The molecule has 130 valence electrons. The number of hydrogen-bond acceptors (Lipinski definition) is 3. The first kappa shape index (κ1) is 20.3. The molecule has 1 heterocycles. The molecule has 0 aliphatic carbocycles. The Morgan fingerprint density at radius 2 is 2.00 bits per heavy atom. The molecule has 0 saturated carbocycles. The van der Waals surface area contributed by atoms with Crippen LogP contribution in [0.3, 0.4) is 0 Å². The summed E-state index contributed by atoms with van der Waals surface area (Å²) in [6, 6.07) is 7.72. The van der Waals surface area contributed by atoms with Crippen LogP contribution in [0.1, 0.15) is 32.6 Å². The Hall–Kier alpha value is -0.780. The average Bonchev–Trinajstić information content (AvgIpc) is 2.54. The monoisotopic (exact) mass is 404 g/mol. The van der Waals surface area contributed by atoms with Gasteiger partial charge in [-0.05, 0) is 69.5 Å². The third-order valence-electron chi connectivity index (χ3n) is 3.98. The van der Waals surface area contributed by atoms with Gasteiger partial charge in [-0.3, -0.25) is 4.79 Å². The van der Waals surface area contributed by atoms with Crippen LogP contribution in [-0.2, 0) is 4.79 Å². The van der Waals surface area contributed by atoms with Crippen molar-refractivity contribution in [1.82, 2.24) is 10.6 Å². The molecule has 0 radical (unpaired) electrons. The van der Waals surface area contributed by atoms with Crippen molar-refractivity contribution in [2.45, 2.75) is 38.7 Å². The minimum absolute atomic E-state index is 0. The van der Waals surface area contributed by atoms with E-state index in [-0.39, 0.29) is 24.4 Å². The molecule has 1 aliphatic rings. The van der Waals surface area contributed by atoms with Crippen molar-refractivity contribution in [3.05, 3.63) is 28.7 Å².